The highest BCUT2D eigenvalue weighted by Crippen LogP contribution is 2.25. The Balaban J connectivity index is 2.03. The topological polar surface area (TPSA) is 32.3 Å². The average molecular weight is 289 g/mol. The molecule has 1 aliphatic heterocycles. The fraction of sp³-hybridized carbons (Fsp3) is 0.667. The maximum absolute atomic E-state index is 6.12. The van der Waals surface area contributed by atoms with E-state index in [2.05, 4.69) is 33.6 Å². The van der Waals surface area contributed by atoms with Crippen LogP contribution in [0.3, 0.4) is 0 Å². The second-order valence-electron chi connectivity index (χ2n) is 4.59. The fourth-order valence-electron chi connectivity index (χ4n) is 2.19. The van der Waals surface area contributed by atoms with Gasteiger partial charge in [0.1, 0.15) is 5.02 Å². The van der Waals surface area contributed by atoms with E-state index < -0.39 is 0 Å². The highest BCUT2D eigenvalue weighted by molar-refractivity contribution is 6.33. The van der Waals surface area contributed by atoms with Crippen LogP contribution in [0.25, 0.3) is 0 Å². The standard InChI is InChI=1S/C12H18Cl2N4/c1-3-9(2)17-4-6-18(7-5-17)11-10(13)8-15-12(14)16-11/h8-9H,3-7H2,1-2H3. The Kier molecular flexibility index (Phi) is 4.65. The van der Waals surface area contributed by atoms with E-state index >= 15 is 0 Å². The molecule has 1 saturated heterocycles. The van der Waals surface area contributed by atoms with Crippen LogP contribution < -0.4 is 4.90 Å². The predicted octanol–water partition coefficient (Wildman–Crippen LogP) is 2.70. The van der Waals surface area contributed by atoms with Gasteiger partial charge in [-0.2, -0.15) is 4.98 Å². The smallest absolute Gasteiger partial charge is 0.224 e. The van der Waals surface area contributed by atoms with Crippen molar-refractivity contribution in [3.05, 3.63) is 16.5 Å². The minimum absolute atomic E-state index is 0.249. The van der Waals surface area contributed by atoms with Crippen LogP contribution in [0.2, 0.25) is 10.3 Å². The van der Waals surface area contributed by atoms with Gasteiger partial charge in [-0.1, -0.05) is 18.5 Å². The van der Waals surface area contributed by atoms with Crippen LogP contribution in [0.4, 0.5) is 5.82 Å². The fourth-order valence-corrected chi connectivity index (χ4v) is 2.53. The molecule has 1 atom stereocenters. The molecule has 0 aromatic carbocycles. The summed E-state index contributed by atoms with van der Waals surface area (Å²) < 4.78 is 0. The Hall–Kier alpha value is -0.580. The van der Waals surface area contributed by atoms with Gasteiger partial charge in [0.05, 0.1) is 6.20 Å². The number of hydrogen-bond donors (Lipinski definition) is 0. The Bertz CT molecular complexity index is 405. The van der Waals surface area contributed by atoms with Crippen molar-refractivity contribution in [2.24, 2.45) is 0 Å². The third kappa shape index (κ3) is 3.05. The number of rotatable bonds is 3. The van der Waals surface area contributed by atoms with Gasteiger partial charge in [0.25, 0.3) is 0 Å². The molecule has 0 N–H and O–H groups in total. The van der Waals surface area contributed by atoms with E-state index in [9.17, 15) is 0 Å². The summed E-state index contributed by atoms with van der Waals surface area (Å²) in [6.45, 7) is 8.41. The van der Waals surface area contributed by atoms with E-state index in [1.165, 1.54) is 6.42 Å². The molecule has 18 heavy (non-hydrogen) atoms. The van der Waals surface area contributed by atoms with E-state index in [4.69, 9.17) is 23.2 Å². The quantitative estimate of drug-likeness (QED) is 0.801. The third-order valence-electron chi connectivity index (χ3n) is 3.52. The molecule has 4 nitrogen and oxygen atoms in total. The van der Waals surface area contributed by atoms with Crippen molar-refractivity contribution in [1.29, 1.82) is 0 Å². The minimum atomic E-state index is 0.249. The molecular formula is C12H18Cl2N4. The summed E-state index contributed by atoms with van der Waals surface area (Å²) >= 11 is 11.9. The summed E-state index contributed by atoms with van der Waals surface area (Å²) in [5, 5.41) is 0.815. The van der Waals surface area contributed by atoms with E-state index in [0.717, 1.165) is 32.0 Å². The number of piperazine rings is 1. The SMILES string of the molecule is CCC(C)N1CCN(c2nc(Cl)ncc2Cl)CC1. The van der Waals surface area contributed by atoms with Gasteiger partial charge in [-0.25, -0.2) is 4.98 Å². The van der Waals surface area contributed by atoms with E-state index in [-0.39, 0.29) is 5.28 Å². The lowest BCUT2D eigenvalue weighted by Gasteiger charge is -2.38. The van der Waals surface area contributed by atoms with Gasteiger partial charge in [0.15, 0.2) is 5.82 Å². The van der Waals surface area contributed by atoms with Crippen LogP contribution in [0, 0.1) is 0 Å². The maximum atomic E-state index is 6.12. The molecule has 0 bridgehead atoms. The first-order chi connectivity index (χ1) is 8.61. The highest BCUT2D eigenvalue weighted by atomic mass is 35.5. The molecule has 1 aromatic heterocycles. The molecule has 100 valence electrons. The molecule has 0 saturated carbocycles. The number of anilines is 1. The normalized spacial score (nSPS) is 19.0. The second kappa shape index (κ2) is 6.04. The van der Waals surface area contributed by atoms with Crippen molar-refractivity contribution in [3.8, 4) is 0 Å². The molecular weight excluding hydrogens is 271 g/mol. The van der Waals surface area contributed by atoms with E-state index in [0.29, 0.717) is 11.1 Å². The lowest BCUT2D eigenvalue weighted by Crippen LogP contribution is -2.49. The zero-order valence-corrected chi connectivity index (χ0v) is 12.2. The van der Waals surface area contributed by atoms with Crippen LogP contribution in [0.5, 0.6) is 0 Å². The highest BCUT2D eigenvalue weighted by Gasteiger charge is 2.22. The predicted molar refractivity (Wildman–Crippen MR) is 75.6 cm³/mol. The van der Waals surface area contributed by atoms with Crippen molar-refractivity contribution in [1.82, 2.24) is 14.9 Å². The minimum Gasteiger partial charge on any atom is -0.353 e. The first-order valence-electron chi connectivity index (χ1n) is 6.29. The largest absolute Gasteiger partial charge is 0.353 e. The Morgan fingerprint density at radius 3 is 2.56 bits per heavy atom. The van der Waals surface area contributed by atoms with Crippen LogP contribution in [-0.4, -0.2) is 47.1 Å². The van der Waals surface area contributed by atoms with Gasteiger partial charge >= 0.3 is 0 Å². The summed E-state index contributed by atoms with van der Waals surface area (Å²) in [7, 11) is 0. The van der Waals surface area contributed by atoms with Crippen LogP contribution in [0.15, 0.2) is 6.20 Å². The van der Waals surface area contributed by atoms with Crippen LogP contribution in [0.1, 0.15) is 20.3 Å². The van der Waals surface area contributed by atoms with Crippen molar-refractivity contribution < 1.29 is 0 Å². The summed E-state index contributed by atoms with van der Waals surface area (Å²) in [6, 6.07) is 0.636. The van der Waals surface area contributed by atoms with Gasteiger partial charge in [0, 0.05) is 32.2 Å². The lowest BCUT2D eigenvalue weighted by atomic mass is 10.2. The maximum Gasteiger partial charge on any atom is 0.224 e. The Morgan fingerprint density at radius 1 is 1.28 bits per heavy atom. The van der Waals surface area contributed by atoms with Crippen molar-refractivity contribution in [2.45, 2.75) is 26.3 Å². The average Bonchev–Trinajstić information content (AvgIpc) is 2.41. The van der Waals surface area contributed by atoms with Gasteiger partial charge in [-0.15, -0.1) is 0 Å². The van der Waals surface area contributed by atoms with Gasteiger partial charge in [-0.3, -0.25) is 4.90 Å². The molecule has 0 radical (unpaired) electrons. The molecule has 0 amide bonds. The first-order valence-corrected chi connectivity index (χ1v) is 7.04. The molecule has 1 unspecified atom stereocenters. The Morgan fingerprint density at radius 2 is 1.94 bits per heavy atom. The lowest BCUT2D eigenvalue weighted by molar-refractivity contribution is 0.192. The molecule has 2 heterocycles. The molecule has 0 aliphatic carbocycles. The number of halogens is 2. The summed E-state index contributed by atoms with van der Waals surface area (Å²) in [4.78, 5) is 12.8. The molecule has 1 aliphatic rings. The van der Waals surface area contributed by atoms with Crippen molar-refractivity contribution in [2.75, 3.05) is 31.1 Å². The number of nitrogens with zero attached hydrogens (tertiary/aromatic N) is 4. The van der Waals surface area contributed by atoms with Crippen LogP contribution >= 0.6 is 23.2 Å². The van der Waals surface area contributed by atoms with Crippen molar-refractivity contribution >= 4 is 29.0 Å². The Labute approximate surface area is 118 Å². The number of aromatic nitrogens is 2. The number of hydrogen-bond acceptors (Lipinski definition) is 4. The van der Waals surface area contributed by atoms with Crippen molar-refractivity contribution in [3.63, 3.8) is 0 Å². The second-order valence-corrected chi connectivity index (χ2v) is 5.34. The molecule has 6 heteroatoms. The van der Waals surface area contributed by atoms with E-state index in [1.54, 1.807) is 6.20 Å². The first kappa shape index (κ1) is 13.8. The molecule has 2 rings (SSSR count). The summed E-state index contributed by atoms with van der Waals surface area (Å²) in [5.74, 6) is 0.750. The summed E-state index contributed by atoms with van der Waals surface area (Å²) in [5.41, 5.74) is 0. The zero-order chi connectivity index (χ0) is 13.1. The molecule has 0 spiro atoms. The van der Waals surface area contributed by atoms with Gasteiger partial charge < -0.3 is 4.90 Å². The van der Waals surface area contributed by atoms with Gasteiger partial charge in [-0.05, 0) is 24.9 Å². The van der Waals surface area contributed by atoms with E-state index in [1.807, 2.05) is 0 Å². The molecule has 1 fully saturated rings. The zero-order valence-electron chi connectivity index (χ0n) is 10.7. The molecule has 1 aromatic rings. The third-order valence-corrected chi connectivity index (χ3v) is 3.97. The van der Waals surface area contributed by atoms with Crippen LogP contribution in [-0.2, 0) is 0 Å². The monoisotopic (exact) mass is 288 g/mol. The van der Waals surface area contributed by atoms with Gasteiger partial charge in [0.2, 0.25) is 5.28 Å². The summed E-state index contributed by atoms with van der Waals surface area (Å²) in [6.07, 6.45) is 2.74.